The fourth-order valence-electron chi connectivity index (χ4n) is 2.51. The Kier molecular flexibility index (Phi) is 7.86. The van der Waals surface area contributed by atoms with Gasteiger partial charge in [0.1, 0.15) is 0 Å². The first-order chi connectivity index (χ1) is 12.0. The van der Waals surface area contributed by atoms with E-state index in [0.29, 0.717) is 17.5 Å². The Morgan fingerprint density at radius 2 is 1.72 bits per heavy atom. The van der Waals surface area contributed by atoms with Crippen LogP contribution in [0.1, 0.15) is 44.2 Å². The van der Waals surface area contributed by atoms with Gasteiger partial charge in [0, 0.05) is 16.5 Å². The number of hydrogen-bond donors (Lipinski definition) is 1. The summed E-state index contributed by atoms with van der Waals surface area (Å²) in [6.07, 6.45) is 1.65. The number of nitrogens with one attached hydrogen (secondary N) is 1. The zero-order valence-electron chi connectivity index (χ0n) is 15.1. The second-order valence-electron chi connectivity index (χ2n) is 6.41. The molecule has 0 unspecified atom stereocenters. The molecule has 0 spiro atoms. The lowest BCUT2D eigenvalue weighted by molar-refractivity contribution is -0.120. The molecule has 0 saturated heterocycles. The highest BCUT2D eigenvalue weighted by molar-refractivity contribution is 8.00. The molecule has 1 amide bonds. The van der Waals surface area contributed by atoms with E-state index in [2.05, 4.69) is 43.4 Å². The Balaban J connectivity index is 1.82. The topological polar surface area (TPSA) is 29.1 Å². The van der Waals surface area contributed by atoms with E-state index < -0.39 is 0 Å². The van der Waals surface area contributed by atoms with Crippen LogP contribution in [0.5, 0.6) is 0 Å². The second-order valence-corrected chi connectivity index (χ2v) is 8.12. The summed E-state index contributed by atoms with van der Waals surface area (Å²) < 4.78 is 0. The standard InChI is InChI=1S/C21H26ClNOS/c1-4-20(25-19-11-9-18(22)10-12-19)21(24)23-14-13-16-5-7-17(8-6-16)15(2)3/h5-12,15,20H,4,13-14H2,1-3H3,(H,23,24)/t20-/m1/s1. The normalized spacial score (nSPS) is 12.2. The van der Waals surface area contributed by atoms with Crippen molar-refractivity contribution in [2.45, 2.75) is 49.7 Å². The van der Waals surface area contributed by atoms with Crippen molar-refractivity contribution in [3.8, 4) is 0 Å². The molecule has 2 nitrogen and oxygen atoms in total. The number of thioether (sulfide) groups is 1. The van der Waals surface area contributed by atoms with Crippen molar-refractivity contribution in [3.05, 3.63) is 64.7 Å². The average molecular weight is 376 g/mol. The van der Waals surface area contributed by atoms with Crippen molar-refractivity contribution in [2.24, 2.45) is 0 Å². The van der Waals surface area contributed by atoms with Gasteiger partial charge in [-0.3, -0.25) is 4.79 Å². The monoisotopic (exact) mass is 375 g/mol. The summed E-state index contributed by atoms with van der Waals surface area (Å²) in [5.74, 6) is 0.644. The summed E-state index contributed by atoms with van der Waals surface area (Å²) >= 11 is 7.50. The van der Waals surface area contributed by atoms with Gasteiger partial charge in [-0.15, -0.1) is 11.8 Å². The summed E-state index contributed by atoms with van der Waals surface area (Å²) in [6.45, 7) is 7.09. The smallest absolute Gasteiger partial charge is 0.233 e. The molecule has 0 aromatic heterocycles. The van der Waals surface area contributed by atoms with Crippen LogP contribution in [0.25, 0.3) is 0 Å². The van der Waals surface area contributed by atoms with E-state index in [1.54, 1.807) is 11.8 Å². The van der Waals surface area contributed by atoms with Gasteiger partial charge >= 0.3 is 0 Å². The van der Waals surface area contributed by atoms with E-state index in [9.17, 15) is 4.79 Å². The largest absolute Gasteiger partial charge is 0.355 e. The van der Waals surface area contributed by atoms with Crippen LogP contribution in [0.2, 0.25) is 5.02 Å². The number of carbonyl (C=O) groups excluding carboxylic acids is 1. The molecule has 134 valence electrons. The second kappa shape index (κ2) is 9.88. The van der Waals surface area contributed by atoms with E-state index in [4.69, 9.17) is 11.6 Å². The highest BCUT2D eigenvalue weighted by Gasteiger charge is 2.17. The van der Waals surface area contributed by atoms with E-state index in [-0.39, 0.29) is 11.2 Å². The van der Waals surface area contributed by atoms with Crippen LogP contribution in [0.3, 0.4) is 0 Å². The van der Waals surface area contributed by atoms with Crippen molar-refractivity contribution in [1.29, 1.82) is 0 Å². The molecule has 0 bridgehead atoms. The summed E-state index contributed by atoms with van der Waals surface area (Å²) in [5, 5.41) is 3.70. The fraction of sp³-hybridized carbons (Fsp3) is 0.381. The highest BCUT2D eigenvalue weighted by Crippen LogP contribution is 2.26. The number of rotatable bonds is 8. The molecule has 0 radical (unpaired) electrons. The molecule has 1 N–H and O–H groups in total. The quantitative estimate of drug-likeness (QED) is 0.600. The number of carbonyl (C=O) groups is 1. The zero-order valence-corrected chi connectivity index (χ0v) is 16.7. The summed E-state index contributed by atoms with van der Waals surface area (Å²) in [6, 6.07) is 16.3. The van der Waals surface area contributed by atoms with E-state index in [1.807, 2.05) is 31.2 Å². The van der Waals surface area contributed by atoms with Crippen LogP contribution in [-0.2, 0) is 11.2 Å². The van der Waals surface area contributed by atoms with Gasteiger partial charge in [0.15, 0.2) is 0 Å². The molecule has 25 heavy (non-hydrogen) atoms. The van der Waals surface area contributed by atoms with Crippen LogP contribution >= 0.6 is 23.4 Å². The van der Waals surface area contributed by atoms with E-state index in [1.165, 1.54) is 11.1 Å². The Bertz CT molecular complexity index is 667. The lowest BCUT2D eigenvalue weighted by Crippen LogP contribution is -2.33. The minimum atomic E-state index is -0.0792. The molecule has 0 fully saturated rings. The van der Waals surface area contributed by atoms with Gasteiger partial charge in [0.2, 0.25) is 5.91 Å². The molecule has 0 heterocycles. The van der Waals surface area contributed by atoms with Gasteiger partial charge in [-0.1, -0.05) is 56.6 Å². The molecular weight excluding hydrogens is 350 g/mol. The average Bonchev–Trinajstić information content (AvgIpc) is 2.61. The van der Waals surface area contributed by atoms with Gasteiger partial charge in [-0.2, -0.15) is 0 Å². The third-order valence-electron chi connectivity index (χ3n) is 4.11. The maximum absolute atomic E-state index is 12.4. The van der Waals surface area contributed by atoms with Gasteiger partial charge in [-0.25, -0.2) is 0 Å². The molecule has 0 saturated carbocycles. The first-order valence-electron chi connectivity index (χ1n) is 8.78. The SMILES string of the molecule is CC[C@@H](Sc1ccc(Cl)cc1)C(=O)NCCc1ccc(C(C)C)cc1. The first kappa shape index (κ1) is 19.9. The number of hydrogen-bond acceptors (Lipinski definition) is 2. The molecule has 2 rings (SSSR count). The molecule has 2 aromatic carbocycles. The highest BCUT2D eigenvalue weighted by atomic mass is 35.5. The molecule has 0 aliphatic carbocycles. The van der Waals surface area contributed by atoms with Crippen molar-refractivity contribution in [2.75, 3.05) is 6.54 Å². The summed E-state index contributed by atoms with van der Waals surface area (Å²) in [7, 11) is 0. The fourth-order valence-corrected chi connectivity index (χ4v) is 3.62. The van der Waals surface area contributed by atoms with Crippen molar-refractivity contribution in [1.82, 2.24) is 5.32 Å². The van der Waals surface area contributed by atoms with Gasteiger partial charge in [-0.05, 0) is 54.2 Å². The van der Waals surface area contributed by atoms with Crippen molar-refractivity contribution in [3.63, 3.8) is 0 Å². The van der Waals surface area contributed by atoms with Gasteiger partial charge in [0.25, 0.3) is 0 Å². The minimum absolute atomic E-state index is 0.0792. The van der Waals surface area contributed by atoms with Crippen LogP contribution in [0.4, 0.5) is 0 Å². The lowest BCUT2D eigenvalue weighted by atomic mass is 10.0. The van der Waals surface area contributed by atoms with Crippen LogP contribution in [0, 0.1) is 0 Å². The van der Waals surface area contributed by atoms with Gasteiger partial charge < -0.3 is 5.32 Å². The molecule has 0 aliphatic heterocycles. The number of amides is 1. The van der Waals surface area contributed by atoms with E-state index >= 15 is 0 Å². The van der Waals surface area contributed by atoms with Crippen molar-refractivity contribution < 1.29 is 4.79 Å². The first-order valence-corrected chi connectivity index (χ1v) is 10.0. The maximum atomic E-state index is 12.4. The Morgan fingerprint density at radius 1 is 1.08 bits per heavy atom. The molecule has 2 aromatic rings. The molecule has 4 heteroatoms. The number of halogens is 1. The third kappa shape index (κ3) is 6.41. The predicted octanol–water partition coefficient (Wildman–Crippen LogP) is 5.69. The minimum Gasteiger partial charge on any atom is -0.355 e. The third-order valence-corrected chi connectivity index (χ3v) is 5.74. The van der Waals surface area contributed by atoms with E-state index in [0.717, 1.165) is 17.7 Å². The Hall–Kier alpha value is -1.45. The van der Waals surface area contributed by atoms with Crippen LogP contribution in [-0.4, -0.2) is 17.7 Å². The number of benzene rings is 2. The lowest BCUT2D eigenvalue weighted by Gasteiger charge is -2.15. The van der Waals surface area contributed by atoms with Gasteiger partial charge in [0.05, 0.1) is 5.25 Å². The zero-order chi connectivity index (χ0) is 18.2. The molecule has 1 atom stereocenters. The van der Waals surface area contributed by atoms with Crippen molar-refractivity contribution >= 4 is 29.3 Å². The van der Waals surface area contributed by atoms with Crippen LogP contribution < -0.4 is 5.32 Å². The predicted molar refractivity (Wildman–Crippen MR) is 109 cm³/mol. The molecular formula is C21H26ClNOS. The molecule has 0 aliphatic rings. The Morgan fingerprint density at radius 3 is 2.28 bits per heavy atom. The summed E-state index contributed by atoms with van der Waals surface area (Å²) in [4.78, 5) is 13.5. The maximum Gasteiger partial charge on any atom is 0.233 e. The summed E-state index contributed by atoms with van der Waals surface area (Å²) in [5.41, 5.74) is 2.60. The van der Waals surface area contributed by atoms with Crippen LogP contribution in [0.15, 0.2) is 53.4 Å². The Labute approximate surface area is 160 Å².